The van der Waals surface area contributed by atoms with E-state index in [0.29, 0.717) is 15.6 Å². The molecule has 2 aromatic rings. The van der Waals surface area contributed by atoms with Crippen LogP contribution in [0.4, 0.5) is 4.39 Å². The Labute approximate surface area is 126 Å². The zero-order valence-electron chi connectivity index (χ0n) is 10.6. The highest BCUT2D eigenvalue weighted by Crippen LogP contribution is 2.26. The molecule has 5 heteroatoms. The number of Topliss-reactive ketones (excluding diaryl/α,β-unsaturated/α-hetero) is 1. The number of halogens is 3. The molecule has 2 nitrogen and oxygen atoms in total. The second-order valence-corrected chi connectivity index (χ2v) is 5.00. The smallest absolute Gasteiger partial charge is 0.173 e. The van der Waals surface area contributed by atoms with E-state index in [9.17, 15) is 9.18 Å². The molecule has 104 valence electrons. The Hall–Kier alpha value is -1.58. The van der Waals surface area contributed by atoms with Gasteiger partial charge < -0.3 is 4.74 Å². The highest BCUT2D eigenvalue weighted by atomic mass is 35.5. The van der Waals surface area contributed by atoms with E-state index in [1.165, 1.54) is 19.2 Å². The number of hydrogen-bond donors (Lipinski definition) is 0. The molecule has 0 saturated heterocycles. The van der Waals surface area contributed by atoms with Gasteiger partial charge in [0.2, 0.25) is 0 Å². The van der Waals surface area contributed by atoms with Crippen LogP contribution in [0.1, 0.15) is 15.9 Å². The van der Waals surface area contributed by atoms with E-state index in [4.69, 9.17) is 27.9 Å². The first-order valence-electron chi connectivity index (χ1n) is 5.82. The monoisotopic (exact) mass is 312 g/mol. The van der Waals surface area contributed by atoms with Crippen molar-refractivity contribution in [2.45, 2.75) is 6.42 Å². The van der Waals surface area contributed by atoms with Gasteiger partial charge in [0.15, 0.2) is 5.78 Å². The Morgan fingerprint density at radius 2 is 2.00 bits per heavy atom. The van der Waals surface area contributed by atoms with Crippen LogP contribution in [0.5, 0.6) is 5.75 Å². The highest BCUT2D eigenvalue weighted by molar-refractivity contribution is 6.35. The molecule has 2 rings (SSSR count). The molecule has 0 unspecified atom stereocenters. The molecule has 0 aromatic heterocycles. The van der Waals surface area contributed by atoms with E-state index >= 15 is 0 Å². The Morgan fingerprint density at radius 3 is 2.65 bits per heavy atom. The van der Waals surface area contributed by atoms with E-state index in [-0.39, 0.29) is 17.7 Å². The van der Waals surface area contributed by atoms with E-state index in [1.54, 1.807) is 24.3 Å². The summed E-state index contributed by atoms with van der Waals surface area (Å²) in [6.07, 6.45) is -0.0205. The molecule has 0 amide bonds. The third-order valence-electron chi connectivity index (χ3n) is 2.84. The molecule has 0 bridgehead atoms. The minimum absolute atomic E-state index is 0.0205. The second-order valence-electron chi connectivity index (χ2n) is 4.15. The van der Waals surface area contributed by atoms with Crippen molar-refractivity contribution in [3.8, 4) is 5.75 Å². The molecule has 0 saturated carbocycles. The van der Waals surface area contributed by atoms with Crippen molar-refractivity contribution >= 4 is 29.0 Å². The lowest BCUT2D eigenvalue weighted by atomic mass is 10.0. The van der Waals surface area contributed by atoms with Gasteiger partial charge in [-0.3, -0.25) is 4.79 Å². The first kappa shape index (κ1) is 14.8. The summed E-state index contributed by atoms with van der Waals surface area (Å²) in [5, 5.41) is 0.857. The summed E-state index contributed by atoms with van der Waals surface area (Å²) in [6.45, 7) is 0. The van der Waals surface area contributed by atoms with E-state index in [2.05, 4.69) is 0 Å². The third kappa shape index (κ3) is 3.11. The van der Waals surface area contributed by atoms with Gasteiger partial charge in [-0.05, 0) is 29.8 Å². The van der Waals surface area contributed by atoms with Crippen molar-refractivity contribution in [1.29, 1.82) is 0 Å². The maximum absolute atomic E-state index is 13.8. The van der Waals surface area contributed by atoms with Crippen LogP contribution < -0.4 is 4.74 Å². The van der Waals surface area contributed by atoms with Gasteiger partial charge in [0.1, 0.15) is 11.6 Å². The molecule has 2 aromatic carbocycles. The van der Waals surface area contributed by atoms with Crippen LogP contribution in [0.3, 0.4) is 0 Å². The van der Waals surface area contributed by atoms with Crippen molar-refractivity contribution in [3.05, 3.63) is 63.4 Å². The predicted octanol–water partition coefficient (Wildman–Crippen LogP) is 4.57. The van der Waals surface area contributed by atoms with Crippen LogP contribution >= 0.6 is 23.2 Å². The van der Waals surface area contributed by atoms with Gasteiger partial charge in [0.25, 0.3) is 0 Å². The number of hydrogen-bond acceptors (Lipinski definition) is 2. The fourth-order valence-corrected chi connectivity index (χ4v) is 2.35. The summed E-state index contributed by atoms with van der Waals surface area (Å²) in [4.78, 5) is 12.2. The predicted molar refractivity (Wildman–Crippen MR) is 77.4 cm³/mol. The Balaban J connectivity index is 2.33. The van der Waals surface area contributed by atoms with Crippen molar-refractivity contribution in [2.75, 3.05) is 7.11 Å². The van der Waals surface area contributed by atoms with Crippen LogP contribution in [-0.4, -0.2) is 12.9 Å². The summed E-state index contributed by atoms with van der Waals surface area (Å²) in [7, 11) is 1.39. The van der Waals surface area contributed by atoms with E-state index in [1.807, 2.05) is 0 Å². The maximum atomic E-state index is 13.8. The minimum atomic E-state index is -0.612. The van der Waals surface area contributed by atoms with Gasteiger partial charge in [-0.1, -0.05) is 35.3 Å². The molecule has 0 N–H and O–H groups in total. The lowest BCUT2D eigenvalue weighted by Gasteiger charge is -2.09. The van der Waals surface area contributed by atoms with Crippen molar-refractivity contribution in [1.82, 2.24) is 0 Å². The average molecular weight is 313 g/mol. The van der Waals surface area contributed by atoms with Crippen LogP contribution in [0.25, 0.3) is 0 Å². The molecule has 0 aliphatic carbocycles. The van der Waals surface area contributed by atoms with E-state index < -0.39 is 11.6 Å². The summed E-state index contributed by atoms with van der Waals surface area (Å²) >= 11 is 11.8. The van der Waals surface area contributed by atoms with Crippen LogP contribution in [-0.2, 0) is 6.42 Å². The van der Waals surface area contributed by atoms with Crippen LogP contribution in [0.15, 0.2) is 36.4 Å². The Kier molecular flexibility index (Phi) is 4.63. The largest absolute Gasteiger partial charge is 0.496 e. The lowest BCUT2D eigenvalue weighted by molar-refractivity contribution is 0.0986. The van der Waals surface area contributed by atoms with Gasteiger partial charge in [0.05, 0.1) is 12.7 Å². The third-order valence-corrected chi connectivity index (χ3v) is 3.43. The standard InChI is InChI=1S/C15H11Cl2FO2/c1-20-14-4-2-3-12(18)15(14)13(19)7-9-5-6-10(16)8-11(9)17/h2-6,8H,7H2,1H3. The minimum Gasteiger partial charge on any atom is -0.496 e. The molecule has 0 aliphatic heterocycles. The highest BCUT2D eigenvalue weighted by Gasteiger charge is 2.18. The summed E-state index contributed by atoms with van der Waals surface area (Å²) in [5.74, 6) is -0.802. The molecule has 20 heavy (non-hydrogen) atoms. The molecule has 0 fully saturated rings. The number of methoxy groups -OCH3 is 1. The molecule has 0 spiro atoms. The van der Waals surface area contributed by atoms with Gasteiger partial charge in [-0.25, -0.2) is 4.39 Å². The molecular formula is C15H11Cl2FO2. The number of rotatable bonds is 4. The van der Waals surface area contributed by atoms with Crippen molar-refractivity contribution in [3.63, 3.8) is 0 Å². The normalized spacial score (nSPS) is 10.4. The van der Waals surface area contributed by atoms with Gasteiger partial charge in [0, 0.05) is 16.5 Å². The maximum Gasteiger partial charge on any atom is 0.173 e. The summed E-state index contributed by atoms with van der Waals surface area (Å²) in [5.41, 5.74) is 0.521. The number of carbonyl (C=O) groups excluding carboxylic acids is 1. The number of carbonyl (C=O) groups is 1. The SMILES string of the molecule is COc1cccc(F)c1C(=O)Cc1ccc(Cl)cc1Cl. The second kappa shape index (κ2) is 6.25. The van der Waals surface area contributed by atoms with Gasteiger partial charge in [-0.15, -0.1) is 0 Å². The zero-order valence-corrected chi connectivity index (χ0v) is 12.1. The van der Waals surface area contributed by atoms with Gasteiger partial charge in [-0.2, -0.15) is 0 Å². The number of benzene rings is 2. The average Bonchev–Trinajstić information content (AvgIpc) is 2.41. The molecule has 0 heterocycles. The zero-order chi connectivity index (χ0) is 14.7. The fourth-order valence-electron chi connectivity index (χ4n) is 1.87. The Morgan fingerprint density at radius 1 is 1.25 bits per heavy atom. The summed E-state index contributed by atoms with van der Waals surface area (Å²) in [6, 6.07) is 9.08. The number of ether oxygens (including phenoxy) is 1. The molecule has 0 atom stereocenters. The van der Waals surface area contributed by atoms with Crippen LogP contribution in [0, 0.1) is 5.82 Å². The Bertz CT molecular complexity index is 656. The van der Waals surface area contributed by atoms with Crippen molar-refractivity contribution in [2.24, 2.45) is 0 Å². The number of ketones is 1. The molecular weight excluding hydrogens is 302 g/mol. The first-order chi connectivity index (χ1) is 9.52. The van der Waals surface area contributed by atoms with Gasteiger partial charge >= 0.3 is 0 Å². The first-order valence-corrected chi connectivity index (χ1v) is 6.58. The molecule has 0 radical (unpaired) electrons. The van der Waals surface area contributed by atoms with E-state index in [0.717, 1.165) is 0 Å². The lowest BCUT2D eigenvalue weighted by Crippen LogP contribution is -2.08. The quantitative estimate of drug-likeness (QED) is 0.773. The fraction of sp³-hybridized carbons (Fsp3) is 0.133. The molecule has 0 aliphatic rings. The van der Waals surface area contributed by atoms with Crippen molar-refractivity contribution < 1.29 is 13.9 Å². The van der Waals surface area contributed by atoms with Crippen LogP contribution in [0.2, 0.25) is 10.0 Å². The summed E-state index contributed by atoms with van der Waals surface area (Å²) < 4.78 is 18.8. The topological polar surface area (TPSA) is 26.3 Å².